The predicted octanol–water partition coefficient (Wildman–Crippen LogP) is 3.52. The molecule has 1 aromatic rings. The van der Waals surface area contributed by atoms with Crippen molar-refractivity contribution >= 4 is 53.5 Å². The van der Waals surface area contributed by atoms with Gasteiger partial charge in [0.25, 0.3) is 5.91 Å². The molecular weight excluding hydrogens is 482 g/mol. The predicted molar refractivity (Wildman–Crippen MR) is 127 cm³/mol. The van der Waals surface area contributed by atoms with Gasteiger partial charge in [0.15, 0.2) is 0 Å². The zero-order valence-corrected chi connectivity index (χ0v) is 21.0. The molecule has 11 heteroatoms. The summed E-state index contributed by atoms with van der Waals surface area (Å²) in [5.74, 6) is -1.80. The first-order valence-corrected chi connectivity index (χ1v) is 12.5. The monoisotopic (exact) mass is 510 g/mol. The molecule has 1 amide bonds. The lowest BCUT2D eigenvalue weighted by Crippen LogP contribution is -2.70. The van der Waals surface area contributed by atoms with E-state index in [2.05, 4.69) is 5.32 Å². The van der Waals surface area contributed by atoms with Crippen LogP contribution in [-0.4, -0.2) is 60.4 Å². The number of hydrogen-bond acceptors (Lipinski definition) is 6. The smallest absolute Gasteiger partial charge is 0.587 e. The first-order valence-electron chi connectivity index (χ1n) is 11.7. The largest absolute Gasteiger partial charge is 0.600 e. The minimum atomic E-state index is -2.40. The van der Waals surface area contributed by atoms with Crippen LogP contribution >= 0.6 is 23.2 Å². The normalized spacial score (nSPS) is 30.5. The summed E-state index contributed by atoms with van der Waals surface area (Å²) in [6.07, 6.45) is 2.56. The van der Waals surface area contributed by atoms with E-state index < -0.39 is 30.5 Å². The summed E-state index contributed by atoms with van der Waals surface area (Å²) in [6, 6.07) is 3.60. The van der Waals surface area contributed by atoms with Crippen LogP contribution < -0.4 is 5.32 Å². The van der Waals surface area contributed by atoms with Crippen molar-refractivity contribution in [1.29, 1.82) is 0 Å². The van der Waals surface area contributed by atoms with Crippen molar-refractivity contribution in [2.45, 2.75) is 63.9 Å². The molecule has 3 aliphatic heterocycles. The Bertz CT molecular complexity index is 1020. The Balaban J connectivity index is 1.54. The van der Waals surface area contributed by atoms with Gasteiger partial charge in [-0.1, -0.05) is 43.5 Å². The minimum Gasteiger partial charge on any atom is -0.600 e. The Kier molecular flexibility index (Phi) is 6.74. The summed E-state index contributed by atoms with van der Waals surface area (Å²) in [7, 11) is 1.87. The number of ketones is 1. The molecule has 184 valence electrons. The SMILES string of the molecule is CC(C)C[C@H](CC(=O)CNC(=O)c1cc(Cl)ccc1Cl)[B-]12OC(=O)[C@H]3CCC[C@@H](C(=O)O1)[N+]32C. The van der Waals surface area contributed by atoms with Crippen molar-refractivity contribution in [3.05, 3.63) is 33.8 Å². The van der Waals surface area contributed by atoms with Crippen molar-refractivity contribution < 1.29 is 32.9 Å². The number of nitrogens with zero attached hydrogens (tertiary/aromatic N) is 1. The van der Waals surface area contributed by atoms with Crippen molar-refractivity contribution in [2.75, 3.05) is 13.6 Å². The van der Waals surface area contributed by atoms with Crippen LogP contribution in [0.4, 0.5) is 0 Å². The second-order valence-corrected chi connectivity index (χ2v) is 11.1. The van der Waals surface area contributed by atoms with Gasteiger partial charge in [0.2, 0.25) is 0 Å². The standard InChI is InChI=1S/C23H29BCl2N2O6/c1-13(2)9-14(10-16(29)12-27-21(30)17-11-15(25)7-8-18(17)26)24-28(3)19(22(31)33-24)5-4-6-20(28)23(32)34-24/h7-8,11,13-14,19-20H,4-6,9-10,12H2,1-3H3,(H,27,30)/t14-,19-,20+,24?,28?/m1/s1. The molecule has 4 rings (SSSR count). The summed E-state index contributed by atoms with van der Waals surface area (Å²) in [4.78, 5) is 51.3. The topological polar surface area (TPSA) is 98.8 Å². The van der Waals surface area contributed by atoms with E-state index in [1.807, 2.05) is 20.9 Å². The molecule has 3 saturated heterocycles. The molecule has 5 atom stereocenters. The molecule has 34 heavy (non-hydrogen) atoms. The van der Waals surface area contributed by atoms with E-state index in [1.54, 1.807) is 6.07 Å². The molecule has 0 aliphatic carbocycles. The summed E-state index contributed by atoms with van der Waals surface area (Å²) in [5, 5.41) is 3.18. The molecule has 2 unspecified atom stereocenters. The van der Waals surface area contributed by atoms with E-state index >= 15 is 0 Å². The van der Waals surface area contributed by atoms with Gasteiger partial charge in [-0.25, -0.2) is 9.59 Å². The third-order valence-electron chi connectivity index (χ3n) is 7.67. The first kappa shape index (κ1) is 25.0. The molecular formula is C23H29BCl2N2O6. The fourth-order valence-corrected chi connectivity index (χ4v) is 6.55. The number of carbonyl (C=O) groups excluding carboxylic acids is 4. The molecule has 0 radical (unpaired) electrons. The molecule has 3 fully saturated rings. The van der Waals surface area contributed by atoms with E-state index in [1.165, 1.54) is 12.1 Å². The van der Waals surface area contributed by atoms with Crippen molar-refractivity contribution in [2.24, 2.45) is 5.92 Å². The Morgan fingerprint density at radius 2 is 1.76 bits per heavy atom. The molecule has 0 aromatic heterocycles. The second kappa shape index (κ2) is 9.17. The quantitative estimate of drug-likeness (QED) is 0.537. The van der Waals surface area contributed by atoms with E-state index in [-0.39, 0.29) is 51.6 Å². The number of quaternary nitrogens is 1. The minimum absolute atomic E-state index is 0.00950. The number of likely N-dealkylation sites (N-methyl/N-ethyl adjacent to an activating group) is 1. The summed E-state index contributed by atoms with van der Waals surface area (Å²) < 4.78 is 12.0. The maximum absolute atomic E-state index is 13.0. The number of Topliss-reactive ketones (excluding diaryl/α,β-unsaturated/α-hetero) is 1. The number of carbonyl (C=O) groups is 4. The number of benzene rings is 1. The number of halogens is 2. The summed E-state index contributed by atoms with van der Waals surface area (Å²) in [5.41, 5.74) is 0.176. The van der Waals surface area contributed by atoms with E-state index in [0.717, 1.165) is 6.42 Å². The lowest BCUT2D eigenvalue weighted by Gasteiger charge is -2.51. The average Bonchev–Trinajstić information content (AvgIpc) is 3.13. The van der Waals surface area contributed by atoms with Crippen LogP contribution in [0.25, 0.3) is 0 Å². The molecule has 0 spiro atoms. The fraction of sp³-hybridized carbons (Fsp3) is 0.565. The van der Waals surface area contributed by atoms with Gasteiger partial charge < -0.3 is 19.0 Å². The third-order valence-corrected chi connectivity index (χ3v) is 8.23. The highest BCUT2D eigenvalue weighted by Gasteiger charge is 2.76. The van der Waals surface area contributed by atoms with Crippen LogP contribution in [0, 0.1) is 5.92 Å². The Hall–Kier alpha value is -2.10. The van der Waals surface area contributed by atoms with Gasteiger partial charge in [0, 0.05) is 24.9 Å². The molecule has 0 bridgehead atoms. The van der Waals surface area contributed by atoms with Gasteiger partial charge in [0.1, 0.15) is 17.9 Å². The van der Waals surface area contributed by atoms with Gasteiger partial charge in [0.05, 0.1) is 17.1 Å². The second-order valence-electron chi connectivity index (χ2n) is 10.2. The number of piperidine rings is 1. The Labute approximate surface area is 208 Å². The van der Waals surface area contributed by atoms with Crippen LogP contribution in [0.1, 0.15) is 56.3 Å². The van der Waals surface area contributed by atoms with Crippen LogP contribution in [0.15, 0.2) is 18.2 Å². The summed E-state index contributed by atoms with van der Waals surface area (Å²) >= 11 is 12.0. The van der Waals surface area contributed by atoms with Gasteiger partial charge in [-0.3, -0.25) is 9.59 Å². The maximum atomic E-state index is 13.0. The zero-order chi connectivity index (χ0) is 24.8. The lowest BCUT2D eigenvalue weighted by atomic mass is 9.51. The number of rotatable bonds is 8. The average molecular weight is 511 g/mol. The van der Waals surface area contributed by atoms with Crippen LogP contribution in [-0.2, 0) is 23.7 Å². The molecule has 8 nitrogen and oxygen atoms in total. The molecule has 3 aliphatic rings. The fourth-order valence-electron chi connectivity index (χ4n) is 6.18. The first-order chi connectivity index (χ1) is 16.0. The van der Waals surface area contributed by atoms with Gasteiger partial charge in [-0.05, 0) is 42.8 Å². The Morgan fingerprint density at radius 3 is 2.35 bits per heavy atom. The van der Waals surface area contributed by atoms with E-state index in [9.17, 15) is 19.2 Å². The maximum Gasteiger partial charge on any atom is 0.587 e. The lowest BCUT2D eigenvalue weighted by molar-refractivity contribution is -0.850. The third kappa shape index (κ3) is 4.01. The van der Waals surface area contributed by atoms with Gasteiger partial charge in [-0.2, -0.15) is 0 Å². The molecule has 1 N–H and O–H groups in total. The van der Waals surface area contributed by atoms with E-state index in [0.29, 0.717) is 24.3 Å². The van der Waals surface area contributed by atoms with Gasteiger partial charge >= 0.3 is 18.6 Å². The van der Waals surface area contributed by atoms with Crippen molar-refractivity contribution in [1.82, 2.24) is 5.32 Å². The van der Waals surface area contributed by atoms with Crippen LogP contribution in [0.2, 0.25) is 15.9 Å². The molecule has 0 saturated carbocycles. The van der Waals surface area contributed by atoms with Crippen LogP contribution in [0.5, 0.6) is 0 Å². The van der Waals surface area contributed by atoms with Crippen LogP contribution in [0.3, 0.4) is 0 Å². The Morgan fingerprint density at radius 1 is 1.15 bits per heavy atom. The summed E-state index contributed by atoms with van der Waals surface area (Å²) in [6.45, 7) is 1.38. The highest BCUT2D eigenvalue weighted by Crippen LogP contribution is 2.54. The molecule has 1 aromatic carbocycles. The van der Waals surface area contributed by atoms with Crippen molar-refractivity contribution in [3.63, 3.8) is 0 Å². The highest BCUT2D eigenvalue weighted by molar-refractivity contribution is 6.68. The highest BCUT2D eigenvalue weighted by atomic mass is 35.5. The van der Waals surface area contributed by atoms with Crippen molar-refractivity contribution in [3.8, 4) is 0 Å². The number of hydrogen-bond donors (Lipinski definition) is 1. The van der Waals surface area contributed by atoms with Gasteiger partial charge in [-0.15, -0.1) is 0 Å². The molecule has 3 heterocycles. The number of nitrogens with one attached hydrogen (secondary N) is 1. The zero-order valence-electron chi connectivity index (χ0n) is 19.5. The number of amides is 1. The van der Waals surface area contributed by atoms with E-state index in [4.69, 9.17) is 32.5 Å².